The van der Waals surface area contributed by atoms with Crippen LogP contribution >= 0.6 is 11.8 Å². The normalized spacial score (nSPS) is 30.3. The van der Waals surface area contributed by atoms with Crippen LogP contribution in [0.4, 0.5) is 0 Å². The molecule has 1 aromatic carbocycles. The van der Waals surface area contributed by atoms with Crippen molar-refractivity contribution in [1.29, 1.82) is 0 Å². The predicted molar refractivity (Wildman–Crippen MR) is 87.0 cm³/mol. The molecule has 1 saturated heterocycles. The number of carbonyl (C=O) groups is 1. The van der Waals surface area contributed by atoms with Crippen molar-refractivity contribution in [2.75, 3.05) is 12.8 Å². The number of ether oxygens (including phenoxy) is 2. The molecule has 1 heterocycles. The first-order valence-electron chi connectivity index (χ1n) is 7.21. The Bertz CT molecular complexity index is 579. The van der Waals surface area contributed by atoms with Crippen LogP contribution in [0.3, 0.4) is 0 Å². The Labute approximate surface area is 138 Å². The number of nitrogens with zero attached hydrogens (tertiary/aromatic N) is 3. The quantitative estimate of drug-likeness (QED) is 0.385. The molecular weight excluding hydrogens is 318 g/mol. The van der Waals surface area contributed by atoms with Crippen LogP contribution < -0.4 is 0 Å². The van der Waals surface area contributed by atoms with Gasteiger partial charge in [0.2, 0.25) is 0 Å². The van der Waals surface area contributed by atoms with Gasteiger partial charge in [-0.3, -0.25) is 0 Å². The zero-order valence-corrected chi connectivity index (χ0v) is 13.7. The van der Waals surface area contributed by atoms with Gasteiger partial charge in [0, 0.05) is 10.8 Å². The summed E-state index contributed by atoms with van der Waals surface area (Å²) in [6.07, 6.45) is -0.605. The van der Waals surface area contributed by atoms with Gasteiger partial charge in [-0.2, -0.15) is 0 Å². The van der Waals surface area contributed by atoms with Gasteiger partial charge in [-0.15, -0.1) is 11.8 Å². The second kappa shape index (κ2) is 8.21. The smallest absolute Gasteiger partial charge is 0.338 e. The minimum Gasteiger partial charge on any atom is -0.455 e. The van der Waals surface area contributed by atoms with E-state index in [-0.39, 0.29) is 17.9 Å². The van der Waals surface area contributed by atoms with Gasteiger partial charge >= 0.3 is 5.97 Å². The molecule has 0 aliphatic carbocycles. The zero-order valence-electron chi connectivity index (χ0n) is 12.9. The Morgan fingerprint density at radius 2 is 2.17 bits per heavy atom. The molecule has 1 aliphatic rings. The van der Waals surface area contributed by atoms with Crippen LogP contribution in [0.2, 0.25) is 0 Å². The fraction of sp³-hybridized carbons (Fsp3) is 0.533. The second-order valence-corrected chi connectivity index (χ2v) is 6.21. The van der Waals surface area contributed by atoms with Gasteiger partial charge in [0.15, 0.2) is 0 Å². The third-order valence-corrected chi connectivity index (χ3v) is 4.79. The standard InChI is InChI=1S/C15H19N3O4S/c1-9-13(22-14(20)10-6-4-3-5-7-10)12(19)11(8-17-18-16)21-15(9)23-2/h3-7,9,11-13,15,19H,8H2,1-2H3/t9?,11?,12-,13+,15+/m1/s1. The molecule has 8 heteroatoms. The first-order valence-corrected chi connectivity index (χ1v) is 8.50. The Hall–Kier alpha value is -1.73. The molecule has 23 heavy (non-hydrogen) atoms. The van der Waals surface area contributed by atoms with Gasteiger partial charge in [-0.05, 0) is 23.9 Å². The SMILES string of the molecule is CS[C@@H]1OC(CN=[N+]=[N-])[C@@H](O)[C@@H](OC(=O)c2ccccc2)C1C. The van der Waals surface area contributed by atoms with Crippen LogP contribution in [-0.2, 0) is 9.47 Å². The number of azide groups is 1. The molecule has 0 spiro atoms. The number of esters is 1. The summed E-state index contributed by atoms with van der Waals surface area (Å²) in [5.41, 5.74) is 8.61. The Kier molecular flexibility index (Phi) is 6.29. The molecule has 1 aromatic rings. The summed E-state index contributed by atoms with van der Waals surface area (Å²) >= 11 is 1.46. The number of hydrogen-bond donors (Lipinski definition) is 1. The number of aliphatic hydroxyl groups excluding tert-OH is 1. The summed E-state index contributed by atoms with van der Waals surface area (Å²) in [5, 5.41) is 13.9. The number of rotatable bonds is 5. The van der Waals surface area contributed by atoms with Crippen LogP contribution in [-0.4, -0.2) is 47.6 Å². The van der Waals surface area contributed by atoms with Crippen molar-refractivity contribution in [2.24, 2.45) is 11.0 Å². The van der Waals surface area contributed by atoms with E-state index in [0.29, 0.717) is 5.56 Å². The maximum Gasteiger partial charge on any atom is 0.338 e. The minimum absolute atomic E-state index is 0.0131. The lowest BCUT2D eigenvalue weighted by Crippen LogP contribution is -2.55. The van der Waals surface area contributed by atoms with Gasteiger partial charge in [0.25, 0.3) is 0 Å². The summed E-state index contributed by atoms with van der Waals surface area (Å²) in [4.78, 5) is 14.9. The van der Waals surface area contributed by atoms with E-state index < -0.39 is 24.3 Å². The summed E-state index contributed by atoms with van der Waals surface area (Å²) < 4.78 is 11.3. The summed E-state index contributed by atoms with van der Waals surface area (Å²) in [6.45, 7) is 1.85. The Balaban J connectivity index is 2.15. The third-order valence-electron chi connectivity index (χ3n) is 3.78. The highest BCUT2D eigenvalue weighted by Crippen LogP contribution is 2.33. The molecule has 1 fully saturated rings. The first-order chi connectivity index (χ1) is 11.1. The molecule has 0 radical (unpaired) electrons. The van der Waals surface area contributed by atoms with E-state index in [1.165, 1.54) is 11.8 Å². The molecule has 1 aliphatic heterocycles. The summed E-state index contributed by atoms with van der Waals surface area (Å²) in [5.74, 6) is -0.694. The highest BCUT2D eigenvalue weighted by molar-refractivity contribution is 7.99. The second-order valence-electron chi connectivity index (χ2n) is 5.28. The lowest BCUT2D eigenvalue weighted by Gasteiger charge is -2.42. The maximum absolute atomic E-state index is 12.3. The van der Waals surface area contributed by atoms with Crippen LogP contribution in [0.15, 0.2) is 35.4 Å². The van der Waals surface area contributed by atoms with Crippen molar-refractivity contribution >= 4 is 17.7 Å². The zero-order chi connectivity index (χ0) is 16.8. The lowest BCUT2D eigenvalue weighted by molar-refractivity contribution is -0.168. The highest BCUT2D eigenvalue weighted by Gasteiger charge is 2.44. The fourth-order valence-corrected chi connectivity index (χ4v) is 3.37. The van der Waals surface area contributed by atoms with E-state index in [0.717, 1.165) is 0 Å². The number of benzene rings is 1. The monoisotopic (exact) mass is 337 g/mol. The highest BCUT2D eigenvalue weighted by atomic mass is 32.2. The number of aliphatic hydroxyl groups is 1. The largest absolute Gasteiger partial charge is 0.455 e. The summed E-state index contributed by atoms with van der Waals surface area (Å²) in [7, 11) is 0. The Morgan fingerprint density at radius 3 is 2.78 bits per heavy atom. The average molecular weight is 337 g/mol. The molecule has 0 aromatic heterocycles. The molecular formula is C15H19N3O4S. The van der Waals surface area contributed by atoms with Crippen molar-refractivity contribution in [3.63, 3.8) is 0 Å². The van der Waals surface area contributed by atoms with Crippen molar-refractivity contribution in [1.82, 2.24) is 0 Å². The number of hydrogen-bond acceptors (Lipinski definition) is 6. The molecule has 0 saturated carbocycles. The minimum atomic E-state index is -1.05. The van der Waals surface area contributed by atoms with Crippen molar-refractivity contribution in [2.45, 2.75) is 30.7 Å². The van der Waals surface area contributed by atoms with Crippen molar-refractivity contribution in [3.05, 3.63) is 46.3 Å². The van der Waals surface area contributed by atoms with Gasteiger partial charge in [0.05, 0.1) is 18.2 Å². The predicted octanol–water partition coefficient (Wildman–Crippen LogP) is 2.61. The fourth-order valence-electron chi connectivity index (χ4n) is 2.54. The molecule has 2 rings (SSSR count). The number of thioether (sulfide) groups is 1. The molecule has 1 N–H and O–H groups in total. The molecule has 0 bridgehead atoms. The van der Waals surface area contributed by atoms with Crippen molar-refractivity contribution in [3.8, 4) is 0 Å². The van der Waals surface area contributed by atoms with Crippen LogP contribution in [0.25, 0.3) is 10.4 Å². The van der Waals surface area contributed by atoms with Gasteiger partial charge in [-0.25, -0.2) is 4.79 Å². The lowest BCUT2D eigenvalue weighted by atomic mass is 9.93. The van der Waals surface area contributed by atoms with E-state index in [2.05, 4.69) is 10.0 Å². The van der Waals surface area contributed by atoms with E-state index in [4.69, 9.17) is 15.0 Å². The topological polar surface area (TPSA) is 105 Å². The molecule has 2 unspecified atom stereocenters. The molecule has 7 nitrogen and oxygen atoms in total. The maximum atomic E-state index is 12.3. The van der Waals surface area contributed by atoms with Gasteiger partial charge in [-0.1, -0.05) is 30.2 Å². The number of carbonyl (C=O) groups excluding carboxylic acids is 1. The molecule has 124 valence electrons. The van der Waals surface area contributed by atoms with Crippen LogP contribution in [0.1, 0.15) is 17.3 Å². The van der Waals surface area contributed by atoms with Crippen molar-refractivity contribution < 1.29 is 19.4 Å². The average Bonchev–Trinajstić information content (AvgIpc) is 2.58. The van der Waals surface area contributed by atoms with Crippen LogP contribution in [0.5, 0.6) is 0 Å². The van der Waals surface area contributed by atoms with E-state index in [1.807, 2.05) is 19.2 Å². The summed E-state index contributed by atoms with van der Waals surface area (Å²) in [6, 6.07) is 8.61. The third kappa shape index (κ3) is 4.17. The van der Waals surface area contributed by atoms with E-state index in [9.17, 15) is 9.90 Å². The Morgan fingerprint density at radius 1 is 1.48 bits per heavy atom. The molecule has 5 atom stereocenters. The first kappa shape index (κ1) is 17.6. The van der Waals surface area contributed by atoms with Gasteiger partial charge in [0.1, 0.15) is 17.6 Å². The van der Waals surface area contributed by atoms with Gasteiger partial charge < -0.3 is 14.6 Å². The van der Waals surface area contributed by atoms with E-state index in [1.54, 1.807) is 24.3 Å². The van der Waals surface area contributed by atoms with Crippen LogP contribution in [0, 0.1) is 5.92 Å². The van der Waals surface area contributed by atoms with E-state index >= 15 is 0 Å². The molecule has 0 amide bonds.